The number of azo groups is 1. The minimum absolute atomic E-state index is 0.0428. The lowest BCUT2D eigenvalue weighted by atomic mass is 10.3. The van der Waals surface area contributed by atoms with E-state index >= 15 is 0 Å². The Morgan fingerprint density at radius 3 is 2.71 bits per heavy atom. The summed E-state index contributed by atoms with van der Waals surface area (Å²) in [7, 11) is 0. The van der Waals surface area contributed by atoms with Gasteiger partial charge in [0.15, 0.2) is 11.5 Å². The number of halogens is 1. The molecule has 0 aliphatic heterocycles. The lowest BCUT2D eigenvalue weighted by molar-refractivity contribution is 0.476. The van der Waals surface area contributed by atoms with Gasteiger partial charge in [0.25, 0.3) is 0 Å². The lowest BCUT2D eigenvalue weighted by Crippen LogP contribution is -1.84. The lowest BCUT2D eigenvalue weighted by Gasteiger charge is -1.97. The first-order chi connectivity index (χ1) is 8.08. The first-order valence-electron chi connectivity index (χ1n) is 4.57. The van der Waals surface area contributed by atoms with Crippen LogP contribution in [0.3, 0.4) is 0 Å². The molecular weight excluding hydrogens is 244 g/mol. The molecule has 0 atom stereocenters. The van der Waals surface area contributed by atoms with E-state index in [9.17, 15) is 5.11 Å². The molecule has 0 bridgehead atoms. The average Bonchev–Trinajstić information content (AvgIpc) is 2.61. The van der Waals surface area contributed by atoms with Crippen molar-refractivity contribution in [3.63, 3.8) is 0 Å². The van der Waals surface area contributed by atoms with Crippen molar-refractivity contribution >= 4 is 34.6 Å². The number of nitrogens with zero attached hydrogens (tertiary/aromatic N) is 3. The summed E-state index contributed by atoms with van der Waals surface area (Å²) >= 11 is 5.76. The highest BCUT2D eigenvalue weighted by Gasteiger charge is 2.07. The third-order valence-corrected chi connectivity index (χ3v) is 2.22. The molecule has 7 nitrogen and oxygen atoms in total. The van der Waals surface area contributed by atoms with Crippen LogP contribution >= 0.6 is 11.6 Å². The third-order valence-electron chi connectivity index (χ3n) is 1.99. The molecule has 8 heteroatoms. The largest absolute Gasteiger partial charge is 0.506 e. The highest BCUT2D eigenvalue weighted by molar-refractivity contribution is 6.30. The van der Waals surface area contributed by atoms with Gasteiger partial charge in [-0.25, -0.2) is 0 Å². The maximum atomic E-state index is 9.50. The van der Waals surface area contributed by atoms with Crippen LogP contribution < -0.4 is 11.5 Å². The Morgan fingerprint density at radius 2 is 2.06 bits per heavy atom. The number of phenolic OH excluding ortho intramolecular Hbond substituents is 1. The molecule has 1 aromatic heterocycles. The Kier molecular flexibility index (Phi) is 2.84. The van der Waals surface area contributed by atoms with E-state index in [2.05, 4.69) is 20.4 Å². The predicted molar refractivity (Wildman–Crippen MR) is 64.7 cm³/mol. The number of hydrogen-bond donors (Lipinski definition) is 4. The zero-order valence-corrected chi connectivity index (χ0v) is 9.31. The van der Waals surface area contributed by atoms with Crippen LogP contribution in [0.5, 0.6) is 5.75 Å². The van der Waals surface area contributed by atoms with Gasteiger partial charge >= 0.3 is 0 Å². The van der Waals surface area contributed by atoms with E-state index in [0.717, 1.165) is 0 Å². The van der Waals surface area contributed by atoms with Crippen LogP contribution in [-0.4, -0.2) is 15.3 Å². The number of hydrogen-bond acceptors (Lipinski definition) is 6. The number of benzene rings is 1. The van der Waals surface area contributed by atoms with Gasteiger partial charge in [-0.15, -0.1) is 10.2 Å². The smallest absolute Gasteiger partial charge is 0.175 e. The minimum Gasteiger partial charge on any atom is -0.506 e. The Bertz CT molecular complexity index is 559. The normalized spacial score (nSPS) is 11.1. The Labute approximate surface area is 101 Å². The molecule has 1 heterocycles. The van der Waals surface area contributed by atoms with Crippen molar-refractivity contribution in [3.8, 4) is 5.75 Å². The maximum absolute atomic E-state index is 9.50. The average molecular weight is 253 g/mol. The molecule has 2 rings (SSSR count). The number of nitrogen functional groups attached to an aromatic ring is 2. The fourth-order valence-electron chi connectivity index (χ4n) is 1.15. The zero-order valence-electron chi connectivity index (χ0n) is 8.55. The van der Waals surface area contributed by atoms with Gasteiger partial charge in [0, 0.05) is 5.02 Å². The number of rotatable bonds is 2. The van der Waals surface area contributed by atoms with Crippen molar-refractivity contribution in [1.29, 1.82) is 0 Å². The van der Waals surface area contributed by atoms with Crippen molar-refractivity contribution in [1.82, 2.24) is 10.2 Å². The molecule has 0 radical (unpaired) electrons. The monoisotopic (exact) mass is 252 g/mol. The van der Waals surface area contributed by atoms with Crippen molar-refractivity contribution in [2.45, 2.75) is 0 Å². The van der Waals surface area contributed by atoms with Gasteiger partial charge < -0.3 is 16.6 Å². The fourth-order valence-corrected chi connectivity index (χ4v) is 1.32. The number of nitrogens with one attached hydrogen (secondary N) is 1. The van der Waals surface area contributed by atoms with E-state index in [1.54, 1.807) is 0 Å². The quantitative estimate of drug-likeness (QED) is 0.612. The zero-order chi connectivity index (χ0) is 12.4. The number of aromatic hydroxyl groups is 1. The Hall–Kier alpha value is -2.28. The summed E-state index contributed by atoms with van der Waals surface area (Å²) in [6, 6.07) is 4.42. The van der Waals surface area contributed by atoms with Gasteiger partial charge in [-0.2, -0.15) is 5.10 Å². The van der Waals surface area contributed by atoms with Gasteiger partial charge in [-0.1, -0.05) is 11.6 Å². The van der Waals surface area contributed by atoms with E-state index in [1.807, 2.05) is 0 Å². The fraction of sp³-hybridized carbons (Fsp3) is 0. The summed E-state index contributed by atoms with van der Waals surface area (Å²) in [5.41, 5.74) is 11.5. The number of aromatic nitrogens is 2. The molecule has 0 aliphatic rings. The third kappa shape index (κ3) is 2.28. The van der Waals surface area contributed by atoms with Crippen molar-refractivity contribution in [3.05, 3.63) is 23.2 Å². The second kappa shape index (κ2) is 4.30. The summed E-state index contributed by atoms with van der Waals surface area (Å²) < 4.78 is 0. The molecular formula is C9H9ClN6O. The van der Waals surface area contributed by atoms with Crippen LogP contribution in [0.1, 0.15) is 0 Å². The molecule has 0 amide bonds. The van der Waals surface area contributed by atoms with E-state index in [-0.39, 0.29) is 28.8 Å². The van der Waals surface area contributed by atoms with Crippen LogP contribution in [0.15, 0.2) is 28.4 Å². The number of anilines is 2. The van der Waals surface area contributed by atoms with E-state index in [1.165, 1.54) is 18.2 Å². The standard InChI is InChI=1S/C9H9ClN6O/c10-4-1-2-6(17)5(3-4)13-14-7-8(11)15-16-9(7)12/h1-3,17H,(H5,11,12,15,16). The van der Waals surface area contributed by atoms with E-state index in [4.69, 9.17) is 23.1 Å². The topological polar surface area (TPSA) is 126 Å². The molecule has 0 aliphatic carbocycles. The summed E-state index contributed by atoms with van der Waals surface area (Å²) in [4.78, 5) is 0. The Balaban J connectivity index is 2.35. The first kappa shape index (κ1) is 11.2. The van der Waals surface area contributed by atoms with E-state index < -0.39 is 0 Å². The van der Waals surface area contributed by atoms with Gasteiger partial charge in [-0.05, 0) is 18.2 Å². The van der Waals surface area contributed by atoms with Crippen LogP contribution in [0.2, 0.25) is 5.02 Å². The predicted octanol–water partition coefficient (Wildman–Crippen LogP) is 2.35. The minimum atomic E-state index is -0.0428. The highest BCUT2D eigenvalue weighted by atomic mass is 35.5. The first-order valence-corrected chi connectivity index (χ1v) is 4.95. The molecule has 0 saturated carbocycles. The number of phenols is 1. The summed E-state index contributed by atoms with van der Waals surface area (Å²) in [5.74, 6) is 0.291. The van der Waals surface area contributed by atoms with Crippen LogP contribution in [0.4, 0.5) is 23.0 Å². The number of H-pyrrole nitrogens is 1. The molecule has 17 heavy (non-hydrogen) atoms. The second-order valence-corrected chi connectivity index (χ2v) is 3.64. The van der Waals surface area contributed by atoms with Crippen molar-refractivity contribution < 1.29 is 5.11 Å². The van der Waals surface area contributed by atoms with Crippen LogP contribution in [0, 0.1) is 0 Å². The number of aromatic amines is 1. The van der Waals surface area contributed by atoms with Crippen molar-refractivity contribution in [2.24, 2.45) is 10.2 Å². The van der Waals surface area contributed by atoms with Crippen LogP contribution in [0.25, 0.3) is 0 Å². The SMILES string of the molecule is Nc1n[nH]c(N)c1N=Nc1cc(Cl)ccc1O. The van der Waals surface area contributed by atoms with Gasteiger partial charge in [-0.3, -0.25) is 5.10 Å². The van der Waals surface area contributed by atoms with Gasteiger partial charge in [0.05, 0.1) is 0 Å². The summed E-state index contributed by atoms with van der Waals surface area (Å²) in [6.07, 6.45) is 0. The number of nitrogens with two attached hydrogens (primary N) is 2. The van der Waals surface area contributed by atoms with Gasteiger partial charge in [0.1, 0.15) is 17.3 Å². The molecule has 6 N–H and O–H groups in total. The second-order valence-electron chi connectivity index (χ2n) is 3.20. The van der Waals surface area contributed by atoms with E-state index in [0.29, 0.717) is 5.02 Å². The Morgan fingerprint density at radius 1 is 1.29 bits per heavy atom. The summed E-state index contributed by atoms with van der Waals surface area (Å²) in [5, 5.41) is 23.7. The molecule has 0 unspecified atom stereocenters. The maximum Gasteiger partial charge on any atom is 0.175 e. The molecule has 88 valence electrons. The molecule has 1 aromatic carbocycles. The molecule has 0 fully saturated rings. The van der Waals surface area contributed by atoms with Gasteiger partial charge in [0.2, 0.25) is 0 Å². The molecule has 0 spiro atoms. The summed E-state index contributed by atoms with van der Waals surface area (Å²) in [6.45, 7) is 0. The molecule has 0 saturated heterocycles. The van der Waals surface area contributed by atoms with Crippen LogP contribution in [-0.2, 0) is 0 Å². The van der Waals surface area contributed by atoms with Crippen molar-refractivity contribution in [2.75, 3.05) is 11.5 Å². The molecule has 2 aromatic rings. The highest BCUT2D eigenvalue weighted by Crippen LogP contribution is 2.33.